The van der Waals surface area contributed by atoms with Crippen molar-refractivity contribution in [1.82, 2.24) is 15.1 Å². The lowest BCUT2D eigenvalue weighted by Crippen LogP contribution is -2.39. The zero-order valence-corrected chi connectivity index (χ0v) is 12.4. The van der Waals surface area contributed by atoms with Crippen molar-refractivity contribution in [2.24, 2.45) is 0 Å². The van der Waals surface area contributed by atoms with E-state index < -0.39 is 42.7 Å². The third kappa shape index (κ3) is 4.56. The van der Waals surface area contributed by atoms with Crippen LogP contribution in [0.3, 0.4) is 0 Å². The maximum Gasteiger partial charge on any atom is 0.390 e. The largest absolute Gasteiger partial charge is 0.390 e. The molecule has 1 aromatic rings. The maximum atomic E-state index is 13.5. The molecule has 2 rings (SSSR count). The van der Waals surface area contributed by atoms with Crippen LogP contribution in [0.4, 0.5) is 26.7 Å². The van der Waals surface area contributed by atoms with Crippen LogP contribution in [0.15, 0.2) is 18.2 Å². The SMILES string of the molecule is O=C1CN(C(=O)NCc2cccc(F)c2F)CN1CCC(F)(F)F. The molecule has 132 valence electrons. The van der Waals surface area contributed by atoms with E-state index in [4.69, 9.17) is 0 Å². The fraction of sp³-hybridized carbons (Fsp3) is 0.429. The number of nitrogens with zero attached hydrogens (tertiary/aromatic N) is 2. The van der Waals surface area contributed by atoms with Crippen LogP contribution in [-0.4, -0.2) is 47.7 Å². The van der Waals surface area contributed by atoms with Crippen LogP contribution in [-0.2, 0) is 11.3 Å². The molecule has 1 aliphatic heterocycles. The molecule has 0 radical (unpaired) electrons. The van der Waals surface area contributed by atoms with Gasteiger partial charge in [-0.25, -0.2) is 13.6 Å². The number of urea groups is 1. The van der Waals surface area contributed by atoms with Crippen molar-refractivity contribution in [3.63, 3.8) is 0 Å². The summed E-state index contributed by atoms with van der Waals surface area (Å²) in [7, 11) is 0. The first-order valence-electron chi connectivity index (χ1n) is 6.97. The molecule has 0 saturated carbocycles. The van der Waals surface area contributed by atoms with E-state index in [1.165, 1.54) is 12.1 Å². The van der Waals surface area contributed by atoms with Gasteiger partial charge < -0.3 is 10.2 Å². The summed E-state index contributed by atoms with van der Waals surface area (Å²) in [4.78, 5) is 25.4. The van der Waals surface area contributed by atoms with Crippen LogP contribution in [0.5, 0.6) is 0 Å². The highest BCUT2D eigenvalue weighted by Crippen LogP contribution is 2.21. The summed E-state index contributed by atoms with van der Waals surface area (Å²) in [5.41, 5.74) is -0.0807. The molecule has 10 heteroatoms. The van der Waals surface area contributed by atoms with Gasteiger partial charge in [0.05, 0.1) is 13.1 Å². The highest BCUT2D eigenvalue weighted by Gasteiger charge is 2.34. The second-order valence-corrected chi connectivity index (χ2v) is 5.23. The van der Waals surface area contributed by atoms with E-state index in [0.29, 0.717) is 0 Å². The Labute approximate surface area is 134 Å². The fourth-order valence-electron chi connectivity index (χ4n) is 2.16. The summed E-state index contributed by atoms with van der Waals surface area (Å²) in [6.07, 6.45) is -5.56. The number of hydrogen-bond donors (Lipinski definition) is 1. The highest BCUT2D eigenvalue weighted by molar-refractivity contribution is 5.87. The number of halogens is 5. The second-order valence-electron chi connectivity index (χ2n) is 5.23. The average Bonchev–Trinajstić information content (AvgIpc) is 2.87. The van der Waals surface area contributed by atoms with Gasteiger partial charge in [0.15, 0.2) is 11.6 Å². The van der Waals surface area contributed by atoms with Gasteiger partial charge in [0, 0.05) is 18.7 Å². The van der Waals surface area contributed by atoms with E-state index in [-0.39, 0.29) is 25.3 Å². The van der Waals surface area contributed by atoms with Gasteiger partial charge in [0.25, 0.3) is 0 Å². The Morgan fingerprint density at radius 3 is 2.62 bits per heavy atom. The van der Waals surface area contributed by atoms with Crippen molar-refractivity contribution in [2.45, 2.75) is 19.1 Å². The third-order valence-electron chi connectivity index (χ3n) is 3.43. The molecule has 0 spiro atoms. The van der Waals surface area contributed by atoms with Crippen molar-refractivity contribution in [1.29, 1.82) is 0 Å². The number of alkyl halides is 3. The van der Waals surface area contributed by atoms with E-state index in [2.05, 4.69) is 5.32 Å². The molecule has 0 bridgehead atoms. The van der Waals surface area contributed by atoms with Crippen molar-refractivity contribution in [3.05, 3.63) is 35.4 Å². The van der Waals surface area contributed by atoms with Crippen LogP contribution in [0, 0.1) is 11.6 Å². The Bertz CT molecular complexity index is 635. The molecule has 0 aromatic heterocycles. The smallest absolute Gasteiger partial charge is 0.334 e. The quantitative estimate of drug-likeness (QED) is 0.846. The maximum absolute atomic E-state index is 13.5. The molecular weight excluding hydrogens is 337 g/mol. The first kappa shape index (κ1) is 18.0. The van der Waals surface area contributed by atoms with Crippen LogP contribution < -0.4 is 5.32 Å². The summed E-state index contributed by atoms with van der Waals surface area (Å²) in [6.45, 7) is -1.50. The zero-order valence-electron chi connectivity index (χ0n) is 12.4. The van der Waals surface area contributed by atoms with E-state index in [9.17, 15) is 31.5 Å². The lowest BCUT2D eigenvalue weighted by Gasteiger charge is -2.19. The lowest BCUT2D eigenvalue weighted by molar-refractivity contribution is -0.142. The molecule has 0 atom stereocenters. The minimum atomic E-state index is -4.40. The first-order valence-corrected chi connectivity index (χ1v) is 6.97. The molecule has 1 fully saturated rings. The van der Waals surface area contributed by atoms with Crippen LogP contribution in [0.2, 0.25) is 0 Å². The standard InChI is InChI=1S/C14H14F5N3O2/c15-10-3-1-2-9(12(10)16)6-20-13(24)22-7-11(23)21(8-22)5-4-14(17,18)19/h1-3H,4-8H2,(H,20,24). The molecule has 1 aromatic carbocycles. The molecule has 3 amide bonds. The Morgan fingerprint density at radius 1 is 1.25 bits per heavy atom. The van der Waals surface area contributed by atoms with Gasteiger partial charge in [-0.3, -0.25) is 9.69 Å². The summed E-state index contributed by atoms with van der Waals surface area (Å²) < 4.78 is 63.0. The molecule has 1 saturated heterocycles. The Kier molecular flexibility index (Phi) is 5.25. The monoisotopic (exact) mass is 351 g/mol. The predicted octanol–water partition coefficient (Wildman–Crippen LogP) is 2.23. The number of amides is 3. The molecular formula is C14H14F5N3O2. The van der Waals surface area contributed by atoms with Gasteiger partial charge in [-0.05, 0) is 6.07 Å². The van der Waals surface area contributed by atoms with E-state index in [1.54, 1.807) is 0 Å². The van der Waals surface area contributed by atoms with Crippen LogP contribution in [0.25, 0.3) is 0 Å². The van der Waals surface area contributed by atoms with Crippen molar-refractivity contribution in [2.75, 3.05) is 19.8 Å². The predicted molar refractivity (Wildman–Crippen MR) is 72.6 cm³/mol. The molecule has 0 unspecified atom stereocenters. The molecule has 1 N–H and O–H groups in total. The summed E-state index contributed by atoms with van der Waals surface area (Å²) in [5, 5.41) is 2.30. The topological polar surface area (TPSA) is 52.7 Å². The van der Waals surface area contributed by atoms with Crippen molar-refractivity contribution < 1.29 is 31.5 Å². The number of carbonyl (C=O) groups excluding carboxylic acids is 2. The van der Waals surface area contributed by atoms with Crippen LogP contribution in [0.1, 0.15) is 12.0 Å². The van der Waals surface area contributed by atoms with Gasteiger partial charge in [-0.2, -0.15) is 13.2 Å². The Morgan fingerprint density at radius 2 is 1.96 bits per heavy atom. The number of rotatable bonds is 4. The molecule has 24 heavy (non-hydrogen) atoms. The summed E-state index contributed by atoms with van der Waals surface area (Å²) in [5.74, 6) is -2.76. The summed E-state index contributed by atoms with van der Waals surface area (Å²) in [6, 6.07) is 2.74. The lowest BCUT2D eigenvalue weighted by atomic mass is 10.2. The van der Waals surface area contributed by atoms with Gasteiger partial charge >= 0.3 is 12.2 Å². The van der Waals surface area contributed by atoms with Crippen molar-refractivity contribution >= 4 is 11.9 Å². The van der Waals surface area contributed by atoms with E-state index in [1.807, 2.05) is 0 Å². The molecule has 5 nitrogen and oxygen atoms in total. The van der Waals surface area contributed by atoms with Gasteiger partial charge in [0.1, 0.15) is 6.54 Å². The second kappa shape index (κ2) is 7.02. The number of benzene rings is 1. The Balaban J connectivity index is 1.87. The fourth-order valence-corrected chi connectivity index (χ4v) is 2.16. The van der Waals surface area contributed by atoms with Crippen molar-refractivity contribution in [3.8, 4) is 0 Å². The summed E-state index contributed by atoms with van der Waals surface area (Å²) >= 11 is 0. The van der Waals surface area contributed by atoms with E-state index >= 15 is 0 Å². The van der Waals surface area contributed by atoms with Crippen LogP contribution >= 0.6 is 0 Å². The van der Waals surface area contributed by atoms with E-state index in [0.717, 1.165) is 15.9 Å². The molecule has 1 heterocycles. The average molecular weight is 351 g/mol. The number of nitrogens with one attached hydrogen (secondary N) is 1. The Hall–Kier alpha value is -2.39. The first-order chi connectivity index (χ1) is 11.2. The minimum Gasteiger partial charge on any atom is -0.334 e. The minimum absolute atomic E-state index is 0.0807. The number of hydrogen-bond acceptors (Lipinski definition) is 2. The van der Waals surface area contributed by atoms with Gasteiger partial charge in [-0.1, -0.05) is 12.1 Å². The van der Waals surface area contributed by atoms with Gasteiger partial charge in [-0.15, -0.1) is 0 Å². The zero-order chi connectivity index (χ0) is 17.9. The normalized spacial score (nSPS) is 15.1. The number of carbonyl (C=O) groups is 2. The third-order valence-corrected chi connectivity index (χ3v) is 3.43. The van der Waals surface area contributed by atoms with Gasteiger partial charge in [0.2, 0.25) is 5.91 Å². The molecule has 1 aliphatic rings. The molecule has 0 aliphatic carbocycles. The highest BCUT2D eigenvalue weighted by atomic mass is 19.4.